The van der Waals surface area contributed by atoms with E-state index >= 15 is 0 Å². The summed E-state index contributed by atoms with van der Waals surface area (Å²) in [5, 5.41) is 0. The Labute approximate surface area is 147 Å². The minimum Gasteiger partial charge on any atom is -0.485 e. The highest BCUT2D eigenvalue weighted by Crippen LogP contribution is 2.33. The van der Waals surface area contributed by atoms with E-state index in [9.17, 15) is 0 Å². The van der Waals surface area contributed by atoms with Crippen molar-refractivity contribution < 1.29 is 14.3 Å². The van der Waals surface area contributed by atoms with Crippen LogP contribution in [0.5, 0.6) is 11.5 Å². The van der Waals surface area contributed by atoms with Gasteiger partial charge in [-0.3, -0.25) is 4.84 Å². The summed E-state index contributed by atoms with van der Waals surface area (Å²) in [5.41, 5.74) is 3.03. The molecule has 3 aromatic carbocycles. The molecule has 0 aliphatic heterocycles. The van der Waals surface area contributed by atoms with Crippen molar-refractivity contribution >= 4 is 0 Å². The number of hydrogen-bond acceptors (Lipinski definition) is 4. The first-order valence-corrected chi connectivity index (χ1v) is 8.14. The molecule has 0 aromatic heterocycles. The fourth-order valence-corrected chi connectivity index (χ4v) is 2.51. The van der Waals surface area contributed by atoms with Gasteiger partial charge in [-0.2, -0.15) is 0 Å². The van der Waals surface area contributed by atoms with E-state index in [-0.39, 0.29) is 6.61 Å². The van der Waals surface area contributed by atoms with E-state index in [0.29, 0.717) is 24.7 Å². The Balaban J connectivity index is 1.77. The second-order valence-corrected chi connectivity index (χ2v) is 5.60. The lowest BCUT2D eigenvalue weighted by atomic mass is 10.2. The van der Waals surface area contributed by atoms with Crippen LogP contribution in [0.4, 0.5) is 0 Å². The van der Waals surface area contributed by atoms with Gasteiger partial charge < -0.3 is 9.47 Å². The number of ether oxygens (including phenoxy) is 2. The van der Waals surface area contributed by atoms with E-state index in [1.165, 1.54) is 0 Å². The summed E-state index contributed by atoms with van der Waals surface area (Å²) in [6, 6.07) is 25.7. The molecular formula is C21H21NO3. The maximum Gasteiger partial charge on any atom is 0.167 e. The molecule has 0 radical (unpaired) electrons. The molecule has 0 aliphatic rings. The Morgan fingerprint density at radius 1 is 0.600 bits per heavy atom. The van der Waals surface area contributed by atoms with Crippen molar-refractivity contribution in [2.24, 2.45) is 5.90 Å². The standard InChI is InChI=1S/C21H21NO3/c22-25-16-19-12-7-13-20(23-14-17-8-3-1-4-9-17)21(19)24-15-18-10-5-2-6-11-18/h1-13H,14-16,22H2. The zero-order valence-corrected chi connectivity index (χ0v) is 13.9. The largest absolute Gasteiger partial charge is 0.485 e. The summed E-state index contributed by atoms with van der Waals surface area (Å²) in [6.07, 6.45) is 0. The third-order valence-corrected chi connectivity index (χ3v) is 3.76. The molecular weight excluding hydrogens is 314 g/mol. The average molecular weight is 335 g/mol. The van der Waals surface area contributed by atoms with Gasteiger partial charge in [0.1, 0.15) is 13.2 Å². The summed E-state index contributed by atoms with van der Waals surface area (Å²) in [7, 11) is 0. The maximum absolute atomic E-state index is 6.03. The van der Waals surface area contributed by atoms with E-state index < -0.39 is 0 Å². The first-order chi connectivity index (χ1) is 12.4. The number of benzene rings is 3. The molecule has 0 saturated carbocycles. The van der Waals surface area contributed by atoms with Crippen LogP contribution in [0, 0.1) is 0 Å². The van der Waals surface area contributed by atoms with E-state index in [2.05, 4.69) is 0 Å². The monoisotopic (exact) mass is 335 g/mol. The molecule has 0 amide bonds. The van der Waals surface area contributed by atoms with Crippen molar-refractivity contribution in [2.45, 2.75) is 19.8 Å². The maximum atomic E-state index is 6.03. The van der Waals surface area contributed by atoms with Crippen molar-refractivity contribution in [3.05, 3.63) is 95.6 Å². The van der Waals surface area contributed by atoms with Gasteiger partial charge >= 0.3 is 0 Å². The highest BCUT2D eigenvalue weighted by molar-refractivity contribution is 5.46. The normalized spacial score (nSPS) is 10.4. The van der Waals surface area contributed by atoms with Crippen molar-refractivity contribution in [1.82, 2.24) is 0 Å². The molecule has 3 rings (SSSR count). The molecule has 2 N–H and O–H groups in total. The molecule has 3 aromatic rings. The first-order valence-electron chi connectivity index (χ1n) is 8.14. The summed E-state index contributed by atoms with van der Waals surface area (Å²) >= 11 is 0. The average Bonchev–Trinajstić information content (AvgIpc) is 2.67. The predicted molar refractivity (Wildman–Crippen MR) is 97.0 cm³/mol. The molecule has 0 heterocycles. The lowest BCUT2D eigenvalue weighted by Gasteiger charge is -2.16. The lowest BCUT2D eigenvalue weighted by Crippen LogP contribution is -2.06. The molecule has 25 heavy (non-hydrogen) atoms. The van der Waals surface area contributed by atoms with Crippen LogP contribution in [0.25, 0.3) is 0 Å². The highest BCUT2D eigenvalue weighted by atomic mass is 16.6. The zero-order chi connectivity index (χ0) is 17.3. The Morgan fingerprint density at radius 2 is 1.20 bits per heavy atom. The van der Waals surface area contributed by atoms with E-state index in [1.54, 1.807) is 0 Å². The van der Waals surface area contributed by atoms with Gasteiger partial charge in [-0.05, 0) is 17.2 Å². The number of nitrogens with two attached hydrogens (primary N) is 1. The lowest BCUT2D eigenvalue weighted by molar-refractivity contribution is 0.120. The van der Waals surface area contributed by atoms with Crippen molar-refractivity contribution in [3.63, 3.8) is 0 Å². The van der Waals surface area contributed by atoms with Crippen molar-refractivity contribution in [3.8, 4) is 11.5 Å². The zero-order valence-electron chi connectivity index (χ0n) is 13.9. The molecule has 0 atom stereocenters. The summed E-state index contributed by atoms with van der Waals surface area (Å²) in [5.74, 6) is 6.59. The summed E-state index contributed by atoms with van der Waals surface area (Å²) in [4.78, 5) is 4.80. The van der Waals surface area contributed by atoms with Gasteiger partial charge in [0, 0.05) is 5.56 Å². The van der Waals surface area contributed by atoms with Gasteiger partial charge in [-0.15, -0.1) is 0 Å². The summed E-state index contributed by atoms with van der Waals surface area (Å²) < 4.78 is 12.0. The van der Waals surface area contributed by atoms with Crippen LogP contribution in [-0.2, 0) is 24.7 Å². The van der Waals surface area contributed by atoms with Gasteiger partial charge in [-0.25, -0.2) is 5.90 Å². The Kier molecular flexibility index (Phi) is 6.04. The molecule has 0 unspecified atom stereocenters. The minimum absolute atomic E-state index is 0.257. The second-order valence-electron chi connectivity index (χ2n) is 5.60. The third kappa shape index (κ3) is 4.83. The van der Waals surface area contributed by atoms with Crippen LogP contribution in [0.15, 0.2) is 78.9 Å². The fraction of sp³-hybridized carbons (Fsp3) is 0.143. The topological polar surface area (TPSA) is 53.7 Å². The van der Waals surface area contributed by atoms with Gasteiger partial charge in [0.15, 0.2) is 11.5 Å². The summed E-state index contributed by atoms with van der Waals surface area (Å²) in [6.45, 7) is 1.17. The van der Waals surface area contributed by atoms with Gasteiger partial charge in [0.2, 0.25) is 0 Å². The molecule has 0 spiro atoms. The van der Waals surface area contributed by atoms with Crippen molar-refractivity contribution in [1.29, 1.82) is 0 Å². The number of rotatable bonds is 8. The minimum atomic E-state index is 0.257. The van der Waals surface area contributed by atoms with Crippen LogP contribution in [-0.4, -0.2) is 0 Å². The quantitative estimate of drug-likeness (QED) is 0.626. The Hall–Kier alpha value is -2.82. The van der Waals surface area contributed by atoms with Gasteiger partial charge in [-0.1, -0.05) is 72.8 Å². The molecule has 0 saturated heterocycles. The fourth-order valence-electron chi connectivity index (χ4n) is 2.51. The Morgan fingerprint density at radius 3 is 1.80 bits per heavy atom. The molecule has 4 heteroatoms. The second kappa shape index (κ2) is 8.87. The van der Waals surface area contributed by atoms with Crippen LogP contribution in [0.1, 0.15) is 16.7 Å². The van der Waals surface area contributed by atoms with E-state index in [0.717, 1.165) is 16.7 Å². The smallest absolute Gasteiger partial charge is 0.167 e. The third-order valence-electron chi connectivity index (χ3n) is 3.76. The van der Waals surface area contributed by atoms with Crippen LogP contribution in [0.3, 0.4) is 0 Å². The van der Waals surface area contributed by atoms with Crippen LogP contribution in [0.2, 0.25) is 0 Å². The molecule has 0 bridgehead atoms. The highest BCUT2D eigenvalue weighted by Gasteiger charge is 2.12. The SMILES string of the molecule is NOCc1cccc(OCc2ccccc2)c1OCc1ccccc1. The number of para-hydroxylation sites is 1. The Bertz CT molecular complexity index is 776. The van der Waals surface area contributed by atoms with E-state index in [4.69, 9.17) is 20.2 Å². The number of hydrogen-bond donors (Lipinski definition) is 1. The van der Waals surface area contributed by atoms with E-state index in [1.807, 2.05) is 78.9 Å². The van der Waals surface area contributed by atoms with Crippen LogP contribution < -0.4 is 15.4 Å². The van der Waals surface area contributed by atoms with Crippen molar-refractivity contribution in [2.75, 3.05) is 0 Å². The molecule has 128 valence electrons. The van der Waals surface area contributed by atoms with Gasteiger partial charge in [0.25, 0.3) is 0 Å². The van der Waals surface area contributed by atoms with Crippen LogP contribution >= 0.6 is 0 Å². The molecule has 4 nitrogen and oxygen atoms in total. The first kappa shape index (κ1) is 17.0. The van der Waals surface area contributed by atoms with Gasteiger partial charge in [0.05, 0.1) is 6.61 Å². The predicted octanol–water partition coefficient (Wildman–Crippen LogP) is 4.23. The molecule has 0 fully saturated rings. The molecule has 0 aliphatic carbocycles.